The van der Waals surface area contributed by atoms with Gasteiger partial charge in [0, 0.05) is 23.2 Å². The number of hydrogen-bond donors (Lipinski definition) is 0. The Kier molecular flexibility index (Phi) is 3.38. The highest BCUT2D eigenvalue weighted by atomic mass is 32.1. The predicted octanol–water partition coefficient (Wildman–Crippen LogP) is 4.10. The number of fused-ring (bicyclic) bond motifs is 1. The first-order valence-electron chi connectivity index (χ1n) is 6.70. The molecule has 0 radical (unpaired) electrons. The van der Waals surface area contributed by atoms with Crippen LogP contribution in [0, 0.1) is 0 Å². The van der Waals surface area contributed by atoms with Crippen molar-refractivity contribution < 1.29 is 4.79 Å². The van der Waals surface area contributed by atoms with Gasteiger partial charge in [-0.15, -0.1) is 11.3 Å². The Hall–Kier alpha value is -1.61. The van der Waals surface area contributed by atoms with E-state index in [0.717, 1.165) is 24.9 Å². The van der Waals surface area contributed by atoms with Crippen LogP contribution >= 0.6 is 11.3 Å². The van der Waals surface area contributed by atoms with Crippen LogP contribution in [0.4, 0.5) is 5.69 Å². The molecule has 2 heterocycles. The molecular weight excluding hydrogens is 254 g/mol. The lowest BCUT2D eigenvalue weighted by Crippen LogP contribution is -2.27. The standard InChI is InChI=1S/C16H17NOS/c1-17-13-11-15(12-7-3-2-4-8-12)19-14(13)9-5-6-10-16(17)18/h2-4,7-8,11H,5-6,9-10H2,1H3. The lowest BCUT2D eigenvalue weighted by atomic mass is 10.1. The molecule has 2 nitrogen and oxygen atoms in total. The molecule has 3 rings (SSSR count). The van der Waals surface area contributed by atoms with Crippen LogP contribution in [0.2, 0.25) is 0 Å². The number of benzene rings is 1. The number of hydrogen-bond acceptors (Lipinski definition) is 2. The topological polar surface area (TPSA) is 20.3 Å². The van der Waals surface area contributed by atoms with E-state index in [2.05, 4.69) is 30.3 Å². The highest BCUT2D eigenvalue weighted by molar-refractivity contribution is 7.16. The Balaban J connectivity index is 2.03. The third kappa shape index (κ3) is 2.43. The first kappa shape index (κ1) is 12.4. The summed E-state index contributed by atoms with van der Waals surface area (Å²) in [5, 5.41) is 0. The molecule has 0 fully saturated rings. The number of carbonyl (C=O) groups excluding carboxylic acids is 1. The van der Waals surface area contributed by atoms with Gasteiger partial charge in [-0.1, -0.05) is 30.3 Å². The normalized spacial score (nSPS) is 15.8. The zero-order chi connectivity index (χ0) is 13.2. The largest absolute Gasteiger partial charge is 0.314 e. The number of aryl methyl sites for hydroxylation is 1. The summed E-state index contributed by atoms with van der Waals surface area (Å²) in [5.41, 5.74) is 2.34. The first-order chi connectivity index (χ1) is 9.25. The zero-order valence-corrected chi connectivity index (χ0v) is 11.9. The van der Waals surface area contributed by atoms with Crippen LogP contribution in [0.3, 0.4) is 0 Å². The van der Waals surface area contributed by atoms with Crippen molar-refractivity contribution >= 4 is 22.9 Å². The van der Waals surface area contributed by atoms with Gasteiger partial charge in [-0.2, -0.15) is 0 Å². The second-order valence-corrected chi connectivity index (χ2v) is 6.08. The molecule has 2 aromatic rings. The molecule has 0 unspecified atom stereocenters. The van der Waals surface area contributed by atoms with Crippen molar-refractivity contribution in [2.24, 2.45) is 0 Å². The molecule has 0 saturated heterocycles. The van der Waals surface area contributed by atoms with Gasteiger partial charge < -0.3 is 4.90 Å². The molecule has 1 aromatic heterocycles. The number of anilines is 1. The molecule has 0 atom stereocenters. The zero-order valence-electron chi connectivity index (χ0n) is 11.1. The van der Waals surface area contributed by atoms with Crippen LogP contribution in [0.25, 0.3) is 10.4 Å². The van der Waals surface area contributed by atoms with E-state index < -0.39 is 0 Å². The van der Waals surface area contributed by atoms with Crippen molar-refractivity contribution in [2.45, 2.75) is 25.7 Å². The second kappa shape index (κ2) is 5.17. The first-order valence-corrected chi connectivity index (χ1v) is 7.52. The highest BCUT2D eigenvalue weighted by Gasteiger charge is 2.20. The number of carbonyl (C=O) groups is 1. The van der Waals surface area contributed by atoms with E-state index in [1.807, 2.05) is 29.4 Å². The SMILES string of the molecule is CN1C(=O)CCCCc2sc(-c3ccccc3)cc21. The van der Waals surface area contributed by atoms with E-state index in [9.17, 15) is 4.79 Å². The fraction of sp³-hybridized carbons (Fsp3) is 0.312. The van der Waals surface area contributed by atoms with E-state index in [1.54, 1.807) is 0 Å². The van der Waals surface area contributed by atoms with Gasteiger partial charge in [0.05, 0.1) is 5.69 Å². The predicted molar refractivity (Wildman–Crippen MR) is 80.7 cm³/mol. The van der Waals surface area contributed by atoms with Crippen LogP contribution < -0.4 is 4.90 Å². The second-order valence-electron chi connectivity index (χ2n) is 4.94. The average molecular weight is 271 g/mol. The summed E-state index contributed by atoms with van der Waals surface area (Å²) >= 11 is 1.82. The number of rotatable bonds is 1. The Bertz CT molecular complexity index is 588. The minimum absolute atomic E-state index is 0.235. The Morgan fingerprint density at radius 3 is 2.63 bits per heavy atom. The number of thiophene rings is 1. The molecule has 0 saturated carbocycles. The van der Waals surface area contributed by atoms with Gasteiger partial charge in [0.15, 0.2) is 0 Å². The van der Waals surface area contributed by atoms with Crippen LogP contribution in [0.5, 0.6) is 0 Å². The molecule has 0 spiro atoms. The summed E-state index contributed by atoms with van der Waals surface area (Å²) in [4.78, 5) is 16.4. The molecule has 3 heteroatoms. The maximum atomic E-state index is 12.0. The molecule has 0 bridgehead atoms. The smallest absolute Gasteiger partial charge is 0.226 e. The fourth-order valence-corrected chi connectivity index (χ4v) is 3.73. The summed E-state index contributed by atoms with van der Waals surface area (Å²) in [6.45, 7) is 0. The van der Waals surface area contributed by atoms with Crippen molar-refractivity contribution in [1.82, 2.24) is 0 Å². The number of nitrogens with zero attached hydrogens (tertiary/aromatic N) is 1. The van der Waals surface area contributed by atoms with Crippen molar-refractivity contribution in [3.8, 4) is 10.4 Å². The Morgan fingerprint density at radius 1 is 1.11 bits per heavy atom. The molecule has 1 aliphatic rings. The van der Waals surface area contributed by atoms with Crippen molar-refractivity contribution in [1.29, 1.82) is 0 Å². The van der Waals surface area contributed by atoms with Gasteiger partial charge in [0.2, 0.25) is 5.91 Å². The molecule has 0 aliphatic carbocycles. The summed E-state index contributed by atoms with van der Waals surface area (Å²) in [5.74, 6) is 0.235. The van der Waals surface area contributed by atoms with Gasteiger partial charge in [-0.25, -0.2) is 0 Å². The number of amides is 1. The quantitative estimate of drug-likeness (QED) is 0.764. The Labute approximate surface area is 117 Å². The van der Waals surface area contributed by atoms with E-state index in [4.69, 9.17) is 0 Å². The molecule has 98 valence electrons. The van der Waals surface area contributed by atoms with Gasteiger partial charge in [0.1, 0.15) is 0 Å². The van der Waals surface area contributed by atoms with E-state index in [-0.39, 0.29) is 5.91 Å². The summed E-state index contributed by atoms with van der Waals surface area (Å²) in [6.07, 6.45) is 3.87. The van der Waals surface area contributed by atoms with E-state index in [1.165, 1.54) is 15.3 Å². The lowest BCUT2D eigenvalue weighted by molar-refractivity contribution is -0.118. The van der Waals surface area contributed by atoms with Crippen molar-refractivity contribution in [3.05, 3.63) is 41.3 Å². The lowest BCUT2D eigenvalue weighted by Gasteiger charge is -2.20. The van der Waals surface area contributed by atoms with Crippen LogP contribution in [0.1, 0.15) is 24.1 Å². The molecule has 0 N–H and O–H groups in total. The molecule has 1 aliphatic heterocycles. The molecule has 1 aromatic carbocycles. The van der Waals surface area contributed by atoms with Crippen molar-refractivity contribution in [2.75, 3.05) is 11.9 Å². The van der Waals surface area contributed by atoms with Crippen molar-refractivity contribution in [3.63, 3.8) is 0 Å². The fourth-order valence-electron chi connectivity index (χ4n) is 2.49. The van der Waals surface area contributed by atoms with Crippen LogP contribution in [-0.2, 0) is 11.2 Å². The summed E-state index contributed by atoms with van der Waals surface area (Å²) in [7, 11) is 1.90. The molecule has 19 heavy (non-hydrogen) atoms. The molecular formula is C16H17NOS. The minimum atomic E-state index is 0.235. The van der Waals surface area contributed by atoms with Crippen LogP contribution in [-0.4, -0.2) is 13.0 Å². The average Bonchev–Trinajstić information content (AvgIpc) is 2.86. The Morgan fingerprint density at radius 2 is 1.84 bits per heavy atom. The molecule has 1 amide bonds. The third-order valence-electron chi connectivity index (χ3n) is 3.62. The van der Waals surface area contributed by atoms with Gasteiger partial charge in [-0.05, 0) is 30.9 Å². The van der Waals surface area contributed by atoms with Gasteiger partial charge in [-0.3, -0.25) is 4.79 Å². The van der Waals surface area contributed by atoms with Crippen LogP contribution in [0.15, 0.2) is 36.4 Å². The van der Waals surface area contributed by atoms with Gasteiger partial charge >= 0.3 is 0 Å². The summed E-state index contributed by atoms with van der Waals surface area (Å²) < 4.78 is 0. The maximum Gasteiger partial charge on any atom is 0.226 e. The van der Waals surface area contributed by atoms with E-state index in [0.29, 0.717) is 6.42 Å². The summed E-state index contributed by atoms with van der Waals surface area (Å²) in [6, 6.07) is 12.6. The monoisotopic (exact) mass is 271 g/mol. The minimum Gasteiger partial charge on any atom is -0.314 e. The van der Waals surface area contributed by atoms with E-state index >= 15 is 0 Å². The van der Waals surface area contributed by atoms with Gasteiger partial charge in [0.25, 0.3) is 0 Å². The highest BCUT2D eigenvalue weighted by Crippen LogP contribution is 2.38. The third-order valence-corrected chi connectivity index (χ3v) is 4.86. The maximum absolute atomic E-state index is 12.0.